The first kappa shape index (κ1) is 13.1. The molecule has 1 amide bonds. The Kier molecular flexibility index (Phi) is 4.01. The van der Waals surface area contributed by atoms with Crippen LogP contribution in [0.15, 0.2) is 28.7 Å². The van der Waals surface area contributed by atoms with E-state index in [1.807, 2.05) is 6.07 Å². The number of carboxylic acids is 1. The molecule has 1 aliphatic rings. The Morgan fingerprint density at radius 2 is 2.00 bits per heavy atom. The van der Waals surface area contributed by atoms with Crippen LogP contribution in [0.1, 0.15) is 29.6 Å². The van der Waals surface area contributed by atoms with Crippen molar-refractivity contribution in [1.29, 1.82) is 0 Å². The lowest BCUT2D eigenvalue weighted by atomic mass is 10.0. The summed E-state index contributed by atoms with van der Waals surface area (Å²) in [6.07, 6.45) is 2.25. The molecular weight excluding hydrogens is 298 g/mol. The second-order valence-electron chi connectivity index (χ2n) is 4.33. The van der Waals surface area contributed by atoms with Gasteiger partial charge in [0.2, 0.25) is 0 Å². The predicted octanol–water partition coefficient (Wildman–Crippen LogP) is 2.53. The van der Waals surface area contributed by atoms with Gasteiger partial charge in [-0.05, 0) is 47.3 Å². The Balaban J connectivity index is 2.27. The molecule has 1 aliphatic heterocycles. The molecule has 1 unspecified atom stereocenters. The summed E-state index contributed by atoms with van der Waals surface area (Å²) >= 11 is 3.33. The Hall–Kier alpha value is -1.36. The van der Waals surface area contributed by atoms with Crippen LogP contribution in [0.4, 0.5) is 0 Å². The van der Waals surface area contributed by atoms with Crippen molar-refractivity contribution in [2.45, 2.75) is 25.3 Å². The summed E-state index contributed by atoms with van der Waals surface area (Å²) in [5, 5.41) is 9.17. The van der Waals surface area contributed by atoms with Crippen molar-refractivity contribution >= 4 is 27.8 Å². The van der Waals surface area contributed by atoms with Gasteiger partial charge < -0.3 is 10.0 Å². The molecule has 18 heavy (non-hydrogen) atoms. The summed E-state index contributed by atoms with van der Waals surface area (Å²) in [7, 11) is 0. The number of carbonyl (C=O) groups is 2. The maximum Gasteiger partial charge on any atom is 0.326 e. The van der Waals surface area contributed by atoms with Crippen LogP contribution in [-0.2, 0) is 4.79 Å². The minimum atomic E-state index is -0.921. The normalized spacial score (nSPS) is 19.6. The molecule has 1 saturated heterocycles. The minimum Gasteiger partial charge on any atom is -0.480 e. The second-order valence-corrected chi connectivity index (χ2v) is 5.18. The van der Waals surface area contributed by atoms with Gasteiger partial charge in [0.25, 0.3) is 5.91 Å². The van der Waals surface area contributed by atoms with Gasteiger partial charge >= 0.3 is 5.97 Å². The highest BCUT2D eigenvalue weighted by atomic mass is 79.9. The Morgan fingerprint density at radius 3 is 2.67 bits per heavy atom. The maximum atomic E-state index is 12.4. The lowest BCUT2D eigenvalue weighted by Crippen LogP contribution is -2.48. The lowest BCUT2D eigenvalue weighted by Gasteiger charge is -2.33. The van der Waals surface area contributed by atoms with E-state index in [9.17, 15) is 9.59 Å². The summed E-state index contributed by atoms with van der Waals surface area (Å²) in [4.78, 5) is 25.0. The number of piperidine rings is 1. The van der Waals surface area contributed by atoms with Gasteiger partial charge in [-0.25, -0.2) is 4.79 Å². The molecule has 0 bridgehead atoms. The van der Waals surface area contributed by atoms with Crippen molar-refractivity contribution in [2.75, 3.05) is 6.54 Å². The third-order valence-corrected chi connectivity index (χ3v) is 3.84. The molecule has 4 nitrogen and oxygen atoms in total. The zero-order valence-corrected chi connectivity index (χ0v) is 11.4. The SMILES string of the molecule is O=C(O)C1CCCCN1C(=O)c1ccccc1Br. The molecule has 1 atom stereocenters. The van der Waals surface area contributed by atoms with Gasteiger partial charge in [0.1, 0.15) is 6.04 Å². The van der Waals surface area contributed by atoms with E-state index in [1.54, 1.807) is 18.2 Å². The molecule has 1 fully saturated rings. The first-order valence-electron chi connectivity index (χ1n) is 5.89. The van der Waals surface area contributed by atoms with Crippen LogP contribution in [-0.4, -0.2) is 34.5 Å². The van der Waals surface area contributed by atoms with Gasteiger partial charge in [-0.15, -0.1) is 0 Å². The number of nitrogens with zero attached hydrogens (tertiary/aromatic N) is 1. The fourth-order valence-electron chi connectivity index (χ4n) is 2.22. The molecule has 0 aliphatic carbocycles. The van der Waals surface area contributed by atoms with Crippen LogP contribution in [0.2, 0.25) is 0 Å². The van der Waals surface area contributed by atoms with Crippen LogP contribution in [0, 0.1) is 0 Å². The summed E-state index contributed by atoms with van der Waals surface area (Å²) < 4.78 is 0.699. The topological polar surface area (TPSA) is 57.6 Å². The van der Waals surface area contributed by atoms with Gasteiger partial charge in [-0.1, -0.05) is 12.1 Å². The molecule has 1 aromatic carbocycles. The summed E-state index contributed by atoms with van der Waals surface area (Å²) in [5.74, 6) is -1.13. The molecule has 0 aromatic heterocycles. The van der Waals surface area contributed by atoms with E-state index in [4.69, 9.17) is 5.11 Å². The van der Waals surface area contributed by atoms with Crippen LogP contribution in [0.25, 0.3) is 0 Å². The van der Waals surface area contributed by atoms with Crippen LogP contribution < -0.4 is 0 Å². The summed E-state index contributed by atoms with van der Waals surface area (Å²) in [6.45, 7) is 0.511. The van der Waals surface area contributed by atoms with Crippen LogP contribution in [0.5, 0.6) is 0 Å². The third-order valence-electron chi connectivity index (χ3n) is 3.15. The molecule has 5 heteroatoms. The summed E-state index contributed by atoms with van der Waals surface area (Å²) in [5.41, 5.74) is 0.519. The lowest BCUT2D eigenvalue weighted by molar-refractivity contribution is -0.143. The van der Waals surface area contributed by atoms with Crippen molar-refractivity contribution in [3.05, 3.63) is 34.3 Å². The second kappa shape index (κ2) is 5.52. The predicted molar refractivity (Wildman–Crippen MR) is 70.5 cm³/mol. The fraction of sp³-hybridized carbons (Fsp3) is 0.385. The zero-order chi connectivity index (χ0) is 13.1. The number of benzene rings is 1. The highest BCUT2D eigenvalue weighted by Gasteiger charge is 2.32. The van der Waals surface area contributed by atoms with Crippen molar-refractivity contribution in [1.82, 2.24) is 4.90 Å². The molecule has 0 spiro atoms. The number of carboxylic acid groups (broad SMARTS) is 1. The fourth-order valence-corrected chi connectivity index (χ4v) is 2.68. The minimum absolute atomic E-state index is 0.213. The van der Waals surface area contributed by atoms with E-state index in [2.05, 4.69) is 15.9 Å². The molecule has 1 heterocycles. The number of hydrogen-bond acceptors (Lipinski definition) is 2. The van der Waals surface area contributed by atoms with Gasteiger partial charge in [-0.3, -0.25) is 4.79 Å². The first-order chi connectivity index (χ1) is 8.61. The summed E-state index contributed by atoms with van der Waals surface area (Å²) in [6, 6.07) is 6.40. The van der Waals surface area contributed by atoms with Gasteiger partial charge in [0.05, 0.1) is 5.56 Å². The highest BCUT2D eigenvalue weighted by Crippen LogP contribution is 2.23. The van der Waals surface area contributed by atoms with E-state index < -0.39 is 12.0 Å². The van der Waals surface area contributed by atoms with Crippen molar-refractivity contribution in [3.63, 3.8) is 0 Å². The van der Waals surface area contributed by atoms with Gasteiger partial charge in [-0.2, -0.15) is 0 Å². The molecule has 0 radical (unpaired) electrons. The molecule has 1 aromatic rings. The Labute approximate surface area is 114 Å². The number of amides is 1. The molecule has 2 rings (SSSR count). The van der Waals surface area contributed by atoms with Gasteiger partial charge in [0, 0.05) is 11.0 Å². The van der Waals surface area contributed by atoms with E-state index in [0.29, 0.717) is 23.0 Å². The van der Waals surface area contributed by atoms with Gasteiger partial charge in [0.15, 0.2) is 0 Å². The number of aliphatic carboxylic acids is 1. The Bertz CT molecular complexity index is 475. The van der Waals surface area contributed by atoms with E-state index in [0.717, 1.165) is 12.8 Å². The van der Waals surface area contributed by atoms with E-state index in [-0.39, 0.29) is 5.91 Å². The quantitative estimate of drug-likeness (QED) is 0.913. The smallest absolute Gasteiger partial charge is 0.326 e. The number of rotatable bonds is 2. The standard InChI is InChI=1S/C13H14BrNO3/c14-10-6-2-1-5-9(10)12(16)15-8-4-3-7-11(15)13(17)18/h1-2,5-6,11H,3-4,7-8H2,(H,17,18). The number of carbonyl (C=O) groups excluding carboxylic acids is 1. The average molecular weight is 312 g/mol. The largest absolute Gasteiger partial charge is 0.480 e. The molecule has 1 N–H and O–H groups in total. The number of halogens is 1. The highest BCUT2D eigenvalue weighted by molar-refractivity contribution is 9.10. The van der Waals surface area contributed by atoms with Crippen LogP contribution in [0.3, 0.4) is 0 Å². The third kappa shape index (κ3) is 2.56. The van der Waals surface area contributed by atoms with Crippen LogP contribution >= 0.6 is 15.9 Å². The maximum absolute atomic E-state index is 12.4. The van der Waals surface area contributed by atoms with E-state index >= 15 is 0 Å². The first-order valence-corrected chi connectivity index (χ1v) is 6.69. The molecule has 0 saturated carbocycles. The molecular formula is C13H14BrNO3. The average Bonchev–Trinajstić information content (AvgIpc) is 2.38. The van der Waals surface area contributed by atoms with Crippen molar-refractivity contribution < 1.29 is 14.7 Å². The Morgan fingerprint density at radius 1 is 1.28 bits per heavy atom. The zero-order valence-electron chi connectivity index (χ0n) is 9.80. The molecule has 96 valence electrons. The number of hydrogen-bond donors (Lipinski definition) is 1. The van der Waals surface area contributed by atoms with E-state index in [1.165, 1.54) is 4.90 Å². The van der Waals surface area contributed by atoms with Crippen molar-refractivity contribution in [2.24, 2.45) is 0 Å². The monoisotopic (exact) mass is 311 g/mol. The van der Waals surface area contributed by atoms with Crippen molar-refractivity contribution in [3.8, 4) is 0 Å². The number of likely N-dealkylation sites (tertiary alicyclic amines) is 1.